The fraction of sp³-hybridized carbons (Fsp3) is 0.100. The van der Waals surface area contributed by atoms with Crippen LogP contribution in [0.25, 0.3) is 22.6 Å². The predicted molar refractivity (Wildman–Crippen MR) is 66.9 cm³/mol. The molecule has 0 unspecified atom stereocenters. The van der Waals surface area contributed by atoms with E-state index in [1.165, 1.54) is 0 Å². The van der Waals surface area contributed by atoms with Gasteiger partial charge in [0.25, 0.3) is 0 Å². The van der Waals surface area contributed by atoms with Crippen LogP contribution in [0.5, 0.6) is 0 Å². The number of nitrogens with zero attached hydrogens (tertiary/aromatic N) is 5. The molecule has 3 aromatic heterocycles. The molecule has 0 aliphatic rings. The van der Waals surface area contributed by atoms with Gasteiger partial charge in [-0.1, -0.05) is 0 Å². The second kappa shape index (κ2) is 3.88. The van der Waals surface area contributed by atoms with Crippen molar-refractivity contribution in [3.63, 3.8) is 0 Å². The summed E-state index contributed by atoms with van der Waals surface area (Å²) in [4.78, 5) is 23.5. The maximum atomic E-state index is 5.75. The lowest BCUT2D eigenvalue weighted by Crippen LogP contribution is -1.99. The minimum Gasteiger partial charge on any atom is -0.382 e. The van der Waals surface area contributed by atoms with E-state index in [-0.39, 0.29) is 11.1 Å². The van der Waals surface area contributed by atoms with Gasteiger partial charge in [0.15, 0.2) is 17.0 Å². The molecule has 0 atom stereocenters. The summed E-state index contributed by atoms with van der Waals surface area (Å²) in [5.41, 5.74) is 7.92. The Morgan fingerprint density at radius 3 is 2.72 bits per heavy atom. The van der Waals surface area contributed by atoms with Crippen LogP contribution >= 0.6 is 11.6 Å². The van der Waals surface area contributed by atoms with Crippen molar-refractivity contribution in [1.29, 1.82) is 0 Å². The number of hydrogen-bond donors (Lipinski definition) is 2. The van der Waals surface area contributed by atoms with Crippen LogP contribution in [0.3, 0.4) is 0 Å². The van der Waals surface area contributed by atoms with Crippen LogP contribution in [-0.4, -0.2) is 29.9 Å². The monoisotopic (exact) mass is 261 g/mol. The van der Waals surface area contributed by atoms with Gasteiger partial charge in [-0.05, 0) is 18.5 Å². The number of hydrogen-bond acceptors (Lipinski definition) is 6. The predicted octanol–water partition coefficient (Wildman–Crippen LogP) is 1.35. The zero-order chi connectivity index (χ0) is 12.7. The Kier molecular flexibility index (Phi) is 2.34. The molecule has 3 N–H and O–H groups in total. The van der Waals surface area contributed by atoms with Gasteiger partial charge in [0, 0.05) is 0 Å². The van der Waals surface area contributed by atoms with Crippen molar-refractivity contribution in [2.45, 2.75) is 6.92 Å². The van der Waals surface area contributed by atoms with Gasteiger partial charge in [-0.3, -0.25) is 0 Å². The number of rotatable bonds is 1. The molecule has 0 saturated carbocycles. The number of H-pyrrole nitrogens is 1. The second-order valence-electron chi connectivity index (χ2n) is 3.69. The van der Waals surface area contributed by atoms with Gasteiger partial charge < -0.3 is 10.7 Å². The molecule has 0 bridgehead atoms. The van der Waals surface area contributed by atoms with E-state index in [9.17, 15) is 0 Å². The molecular weight excluding hydrogens is 254 g/mol. The SMILES string of the molecule is Cc1ncc(-c2cnc3nc(Cl)nc(N)c3n2)[nH]1. The number of nitrogen functional groups attached to an aromatic ring is 1. The van der Waals surface area contributed by atoms with Crippen molar-refractivity contribution in [3.8, 4) is 11.4 Å². The summed E-state index contributed by atoms with van der Waals surface area (Å²) in [5, 5.41) is 0.0550. The summed E-state index contributed by atoms with van der Waals surface area (Å²) in [6.45, 7) is 1.86. The molecule has 3 rings (SSSR count). The maximum Gasteiger partial charge on any atom is 0.226 e. The number of anilines is 1. The standard InChI is InChI=1S/C10H8ClN7/c1-4-13-2-5(15-4)6-3-14-9-7(16-6)8(12)17-10(11)18-9/h2-3H,1H3,(H,13,15)(H2,12,14,17,18). The molecule has 0 radical (unpaired) electrons. The molecule has 0 aliphatic heterocycles. The van der Waals surface area contributed by atoms with Crippen LogP contribution in [0.1, 0.15) is 5.82 Å². The third-order valence-electron chi connectivity index (χ3n) is 2.39. The number of aromatic amines is 1. The molecule has 90 valence electrons. The molecule has 8 heteroatoms. The smallest absolute Gasteiger partial charge is 0.226 e. The van der Waals surface area contributed by atoms with Gasteiger partial charge in [-0.15, -0.1) is 0 Å². The van der Waals surface area contributed by atoms with E-state index in [1.54, 1.807) is 12.4 Å². The lowest BCUT2D eigenvalue weighted by Gasteiger charge is -2.02. The first-order chi connectivity index (χ1) is 8.63. The van der Waals surface area contributed by atoms with Crippen LogP contribution < -0.4 is 5.73 Å². The Morgan fingerprint density at radius 2 is 2.00 bits per heavy atom. The maximum absolute atomic E-state index is 5.75. The van der Waals surface area contributed by atoms with E-state index in [0.29, 0.717) is 16.9 Å². The summed E-state index contributed by atoms with van der Waals surface area (Å²) in [7, 11) is 0. The van der Waals surface area contributed by atoms with Crippen molar-refractivity contribution < 1.29 is 0 Å². The van der Waals surface area contributed by atoms with Gasteiger partial charge in [-0.2, -0.15) is 9.97 Å². The number of aryl methyl sites for hydroxylation is 1. The van der Waals surface area contributed by atoms with Crippen molar-refractivity contribution in [2.75, 3.05) is 5.73 Å². The van der Waals surface area contributed by atoms with Gasteiger partial charge in [-0.25, -0.2) is 15.0 Å². The lowest BCUT2D eigenvalue weighted by atomic mass is 10.3. The summed E-state index contributed by atoms with van der Waals surface area (Å²) < 4.78 is 0. The van der Waals surface area contributed by atoms with Crippen molar-refractivity contribution in [1.82, 2.24) is 29.9 Å². The zero-order valence-corrected chi connectivity index (χ0v) is 10.1. The molecule has 0 amide bonds. The van der Waals surface area contributed by atoms with Crippen LogP contribution in [-0.2, 0) is 0 Å². The molecule has 0 aliphatic carbocycles. The highest BCUT2D eigenvalue weighted by Gasteiger charge is 2.10. The van der Waals surface area contributed by atoms with Crippen molar-refractivity contribution in [3.05, 3.63) is 23.5 Å². The normalized spacial score (nSPS) is 11.0. The van der Waals surface area contributed by atoms with E-state index >= 15 is 0 Å². The Hall–Kier alpha value is -2.28. The zero-order valence-electron chi connectivity index (χ0n) is 9.35. The molecule has 0 saturated heterocycles. The first-order valence-electron chi connectivity index (χ1n) is 5.11. The van der Waals surface area contributed by atoms with Gasteiger partial charge in [0.1, 0.15) is 11.5 Å². The third kappa shape index (κ3) is 1.74. The van der Waals surface area contributed by atoms with E-state index < -0.39 is 0 Å². The number of halogens is 1. The average molecular weight is 262 g/mol. The molecule has 18 heavy (non-hydrogen) atoms. The minimum absolute atomic E-state index is 0.0550. The Labute approximate surface area is 106 Å². The van der Waals surface area contributed by atoms with E-state index in [2.05, 4.69) is 29.9 Å². The van der Waals surface area contributed by atoms with Crippen LogP contribution in [0.4, 0.5) is 5.82 Å². The quantitative estimate of drug-likeness (QED) is 0.641. The highest BCUT2D eigenvalue weighted by atomic mass is 35.5. The van der Waals surface area contributed by atoms with Crippen LogP contribution in [0.15, 0.2) is 12.4 Å². The van der Waals surface area contributed by atoms with Gasteiger partial charge >= 0.3 is 0 Å². The molecular formula is C10H8ClN7. The molecule has 0 aromatic carbocycles. The highest BCUT2D eigenvalue weighted by molar-refractivity contribution is 6.28. The summed E-state index contributed by atoms with van der Waals surface area (Å²) in [5.74, 6) is 1.00. The second-order valence-corrected chi connectivity index (χ2v) is 4.03. The lowest BCUT2D eigenvalue weighted by molar-refractivity contribution is 1.13. The largest absolute Gasteiger partial charge is 0.382 e. The first kappa shape index (κ1) is 10.8. The van der Waals surface area contributed by atoms with Crippen molar-refractivity contribution >= 4 is 28.6 Å². The van der Waals surface area contributed by atoms with Crippen LogP contribution in [0.2, 0.25) is 5.28 Å². The van der Waals surface area contributed by atoms with E-state index in [1.807, 2.05) is 6.92 Å². The van der Waals surface area contributed by atoms with E-state index in [0.717, 1.165) is 11.5 Å². The number of nitrogens with two attached hydrogens (primary N) is 1. The number of imidazole rings is 1. The Morgan fingerprint density at radius 1 is 1.17 bits per heavy atom. The minimum atomic E-state index is 0.0550. The summed E-state index contributed by atoms with van der Waals surface area (Å²) in [6.07, 6.45) is 3.26. The fourth-order valence-electron chi connectivity index (χ4n) is 1.58. The average Bonchev–Trinajstić information content (AvgIpc) is 2.75. The Balaban J connectivity index is 2.22. The molecule has 0 spiro atoms. The number of nitrogens with one attached hydrogen (secondary N) is 1. The summed E-state index contributed by atoms with van der Waals surface area (Å²) >= 11 is 5.70. The topological polar surface area (TPSA) is 106 Å². The third-order valence-corrected chi connectivity index (χ3v) is 2.55. The highest BCUT2D eigenvalue weighted by Crippen LogP contribution is 2.20. The molecule has 7 nitrogen and oxygen atoms in total. The van der Waals surface area contributed by atoms with Gasteiger partial charge in [0.05, 0.1) is 18.1 Å². The van der Waals surface area contributed by atoms with Crippen molar-refractivity contribution in [2.24, 2.45) is 0 Å². The van der Waals surface area contributed by atoms with E-state index in [4.69, 9.17) is 17.3 Å². The Bertz CT molecular complexity index is 736. The summed E-state index contributed by atoms with van der Waals surface area (Å²) in [6, 6.07) is 0. The molecule has 3 heterocycles. The molecule has 3 aromatic rings. The van der Waals surface area contributed by atoms with Gasteiger partial charge in [0.2, 0.25) is 5.28 Å². The number of fused-ring (bicyclic) bond motifs is 1. The van der Waals surface area contributed by atoms with Crippen LogP contribution in [0, 0.1) is 6.92 Å². The molecule has 0 fully saturated rings. The fourth-order valence-corrected chi connectivity index (χ4v) is 1.75. The first-order valence-corrected chi connectivity index (χ1v) is 5.49. The number of aromatic nitrogens is 6.